The van der Waals surface area contributed by atoms with E-state index < -0.39 is 11.6 Å². The van der Waals surface area contributed by atoms with E-state index >= 15 is 0 Å². The summed E-state index contributed by atoms with van der Waals surface area (Å²) in [6, 6.07) is 1.37. The van der Waals surface area contributed by atoms with Crippen molar-refractivity contribution in [3.8, 4) is 0 Å². The lowest BCUT2D eigenvalue weighted by Crippen LogP contribution is -2.30. The number of aromatic carboxylic acids is 1. The smallest absolute Gasteiger partial charge is 0.339 e. The molecular formula is C10H13NO4. The Morgan fingerprint density at radius 1 is 1.67 bits per heavy atom. The molecule has 1 aliphatic rings. The van der Waals surface area contributed by atoms with Crippen LogP contribution in [0.1, 0.15) is 22.5 Å². The number of carboxylic acid groups (broad SMARTS) is 1. The number of aliphatic hydroxyl groups is 1. The van der Waals surface area contributed by atoms with Crippen LogP contribution in [0.5, 0.6) is 0 Å². The van der Waals surface area contributed by atoms with Crippen molar-refractivity contribution in [3.05, 3.63) is 23.7 Å². The van der Waals surface area contributed by atoms with E-state index in [2.05, 4.69) is 0 Å². The largest absolute Gasteiger partial charge is 0.478 e. The number of hydrogen-bond acceptors (Lipinski definition) is 4. The molecule has 0 radical (unpaired) electrons. The molecule has 1 fully saturated rings. The van der Waals surface area contributed by atoms with Gasteiger partial charge in [-0.1, -0.05) is 0 Å². The highest BCUT2D eigenvalue weighted by Gasteiger charge is 2.41. The van der Waals surface area contributed by atoms with E-state index in [-0.39, 0.29) is 11.3 Å². The molecule has 0 aliphatic carbocycles. The van der Waals surface area contributed by atoms with Crippen LogP contribution in [0.3, 0.4) is 0 Å². The first-order valence-electron chi connectivity index (χ1n) is 4.75. The number of furan rings is 1. The van der Waals surface area contributed by atoms with Gasteiger partial charge in [-0.3, -0.25) is 0 Å². The second-order valence-corrected chi connectivity index (χ2v) is 3.99. The Kier molecular flexibility index (Phi) is 2.28. The molecule has 82 valence electrons. The van der Waals surface area contributed by atoms with E-state index in [1.807, 2.05) is 11.9 Å². The summed E-state index contributed by atoms with van der Waals surface area (Å²) in [7, 11) is 1.88. The summed E-state index contributed by atoms with van der Waals surface area (Å²) < 4.78 is 5.10. The first-order chi connectivity index (χ1) is 7.03. The third-order valence-corrected chi connectivity index (χ3v) is 2.76. The number of rotatable bonds is 2. The maximum absolute atomic E-state index is 10.9. The van der Waals surface area contributed by atoms with E-state index in [1.54, 1.807) is 0 Å². The second kappa shape index (κ2) is 3.36. The molecule has 0 bridgehead atoms. The lowest BCUT2D eigenvalue weighted by atomic mass is 9.97. The highest BCUT2D eigenvalue weighted by Crippen LogP contribution is 2.33. The number of carbonyl (C=O) groups is 1. The Morgan fingerprint density at radius 3 is 2.93 bits per heavy atom. The van der Waals surface area contributed by atoms with Crippen LogP contribution in [0, 0.1) is 0 Å². The van der Waals surface area contributed by atoms with Gasteiger partial charge in [0.1, 0.15) is 11.2 Å². The zero-order valence-corrected chi connectivity index (χ0v) is 8.43. The summed E-state index contributed by atoms with van der Waals surface area (Å²) >= 11 is 0. The zero-order chi connectivity index (χ0) is 11.1. The van der Waals surface area contributed by atoms with Gasteiger partial charge in [0.2, 0.25) is 0 Å². The molecule has 1 aromatic rings. The first kappa shape index (κ1) is 10.2. The van der Waals surface area contributed by atoms with Gasteiger partial charge in [-0.05, 0) is 19.5 Å². The van der Waals surface area contributed by atoms with Crippen molar-refractivity contribution in [1.29, 1.82) is 0 Å². The van der Waals surface area contributed by atoms with Crippen LogP contribution in [0.2, 0.25) is 0 Å². The summed E-state index contributed by atoms with van der Waals surface area (Å²) in [6.07, 6.45) is 1.80. The minimum atomic E-state index is -1.16. The minimum Gasteiger partial charge on any atom is -0.478 e. The molecule has 0 spiro atoms. The lowest BCUT2D eigenvalue weighted by Gasteiger charge is -2.20. The maximum Gasteiger partial charge on any atom is 0.339 e. The molecule has 1 aromatic heterocycles. The van der Waals surface area contributed by atoms with Gasteiger partial charge in [0, 0.05) is 13.1 Å². The summed E-state index contributed by atoms with van der Waals surface area (Å²) in [5, 5.41) is 19.2. The standard InChI is InChI=1S/C10H13NO4/c1-11-4-3-10(14,6-11)8-7(9(12)13)2-5-15-8/h2,5,14H,3-4,6H2,1H3,(H,12,13). The van der Waals surface area contributed by atoms with Gasteiger partial charge in [0.15, 0.2) is 5.76 Å². The molecule has 0 saturated carbocycles. The molecule has 0 aromatic carbocycles. The molecule has 2 heterocycles. The fourth-order valence-electron chi connectivity index (χ4n) is 2.00. The average molecular weight is 211 g/mol. The third kappa shape index (κ3) is 1.64. The highest BCUT2D eigenvalue weighted by molar-refractivity contribution is 5.89. The monoisotopic (exact) mass is 211 g/mol. The fourth-order valence-corrected chi connectivity index (χ4v) is 2.00. The van der Waals surface area contributed by atoms with Gasteiger partial charge >= 0.3 is 5.97 Å². The number of hydrogen-bond donors (Lipinski definition) is 2. The molecule has 0 amide bonds. The number of likely N-dealkylation sites (N-methyl/N-ethyl adjacent to an activating group) is 1. The topological polar surface area (TPSA) is 73.9 Å². The average Bonchev–Trinajstić information content (AvgIpc) is 2.72. The van der Waals surface area contributed by atoms with Gasteiger partial charge in [-0.15, -0.1) is 0 Å². The number of carboxylic acids is 1. The van der Waals surface area contributed by atoms with Crippen LogP contribution < -0.4 is 0 Å². The number of nitrogens with zero attached hydrogens (tertiary/aromatic N) is 1. The molecule has 2 rings (SSSR count). The van der Waals surface area contributed by atoms with Crippen molar-refractivity contribution in [3.63, 3.8) is 0 Å². The Labute approximate surface area is 86.9 Å². The van der Waals surface area contributed by atoms with Crippen LogP contribution in [0.4, 0.5) is 0 Å². The van der Waals surface area contributed by atoms with Crippen LogP contribution >= 0.6 is 0 Å². The second-order valence-electron chi connectivity index (χ2n) is 3.99. The highest BCUT2D eigenvalue weighted by atomic mass is 16.4. The Bertz CT molecular complexity index is 387. The van der Waals surface area contributed by atoms with Gasteiger partial charge < -0.3 is 19.5 Å². The summed E-state index contributed by atoms with van der Waals surface area (Å²) in [6.45, 7) is 1.14. The van der Waals surface area contributed by atoms with Crippen molar-refractivity contribution < 1.29 is 19.4 Å². The predicted octanol–water partition coefficient (Wildman–Crippen LogP) is 0.501. The van der Waals surface area contributed by atoms with Crippen LogP contribution in [-0.4, -0.2) is 41.2 Å². The molecule has 2 N–H and O–H groups in total. The van der Waals surface area contributed by atoms with Gasteiger partial charge in [-0.25, -0.2) is 4.79 Å². The fraction of sp³-hybridized carbons (Fsp3) is 0.500. The van der Waals surface area contributed by atoms with E-state index in [0.717, 1.165) is 6.54 Å². The summed E-state index contributed by atoms with van der Waals surface area (Å²) in [5.74, 6) is -0.902. The first-order valence-corrected chi connectivity index (χ1v) is 4.75. The summed E-state index contributed by atoms with van der Waals surface area (Å²) in [5.41, 5.74) is -1.11. The van der Waals surface area contributed by atoms with Crippen LogP contribution in [0.15, 0.2) is 16.7 Å². The third-order valence-electron chi connectivity index (χ3n) is 2.76. The van der Waals surface area contributed by atoms with Crippen molar-refractivity contribution >= 4 is 5.97 Å². The molecule has 15 heavy (non-hydrogen) atoms. The van der Waals surface area contributed by atoms with Crippen molar-refractivity contribution in [1.82, 2.24) is 4.90 Å². The normalized spacial score (nSPS) is 27.1. The lowest BCUT2D eigenvalue weighted by molar-refractivity contribution is 0.0240. The Balaban J connectivity index is 2.37. The molecular weight excluding hydrogens is 198 g/mol. The van der Waals surface area contributed by atoms with Gasteiger partial charge in [0.05, 0.1) is 6.26 Å². The van der Waals surface area contributed by atoms with E-state index in [4.69, 9.17) is 9.52 Å². The predicted molar refractivity (Wildman–Crippen MR) is 51.7 cm³/mol. The van der Waals surface area contributed by atoms with Crippen molar-refractivity contribution in [2.24, 2.45) is 0 Å². The molecule has 5 nitrogen and oxygen atoms in total. The van der Waals surface area contributed by atoms with E-state index in [0.29, 0.717) is 13.0 Å². The molecule has 5 heteroatoms. The molecule has 1 aliphatic heterocycles. The number of β-amino-alcohol motifs (C(OH)–C–C–N with tert-alkyl or cyclic N) is 1. The van der Waals surface area contributed by atoms with Gasteiger partial charge in [-0.2, -0.15) is 0 Å². The van der Waals surface area contributed by atoms with Crippen molar-refractivity contribution in [2.45, 2.75) is 12.0 Å². The number of likely N-dealkylation sites (tertiary alicyclic amines) is 1. The molecule has 1 atom stereocenters. The van der Waals surface area contributed by atoms with Crippen LogP contribution in [-0.2, 0) is 5.60 Å². The Morgan fingerprint density at radius 2 is 2.40 bits per heavy atom. The SMILES string of the molecule is CN1CCC(O)(c2occc2C(=O)O)C1. The quantitative estimate of drug-likeness (QED) is 0.745. The zero-order valence-electron chi connectivity index (χ0n) is 8.43. The van der Waals surface area contributed by atoms with E-state index in [9.17, 15) is 9.90 Å². The van der Waals surface area contributed by atoms with Gasteiger partial charge in [0.25, 0.3) is 0 Å². The maximum atomic E-state index is 10.9. The Hall–Kier alpha value is -1.33. The van der Waals surface area contributed by atoms with E-state index in [1.165, 1.54) is 12.3 Å². The minimum absolute atomic E-state index is 0.0489. The van der Waals surface area contributed by atoms with Crippen molar-refractivity contribution in [2.75, 3.05) is 20.1 Å². The molecule has 1 saturated heterocycles. The molecule has 1 unspecified atom stereocenters. The van der Waals surface area contributed by atoms with Crippen LogP contribution in [0.25, 0.3) is 0 Å². The summed E-state index contributed by atoms with van der Waals surface area (Å²) in [4.78, 5) is 12.8.